The Morgan fingerprint density at radius 1 is 1.10 bits per heavy atom. The molecular formula is C23H23NO7. The van der Waals surface area contributed by atoms with Gasteiger partial charge in [-0.05, 0) is 24.3 Å². The Bertz CT molecular complexity index is 1050. The molecule has 8 nitrogen and oxygen atoms in total. The van der Waals surface area contributed by atoms with Gasteiger partial charge < -0.3 is 29.0 Å². The lowest BCUT2D eigenvalue weighted by Gasteiger charge is -2.26. The molecule has 1 saturated heterocycles. The van der Waals surface area contributed by atoms with E-state index in [4.69, 9.17) is 18.9 Å². The predicted molar refractivity (Wildman–Crippen MR) is 111 cm³/mol. The van der Waals surface area contributed by atoms with Gasteiger partial charge in [0.15, 0.2) is 11.5 Å². The van der Waals surface area contributed by atoms with E-state index in [-0.39, 0.29) is 24.5 Å². The van der Waals surface area contributed by atoms with E-state index in [1.807, 2.05) is 0 Å². The highest BCUT2D eigenvalue weighted by Crippen LogP contribution is 2.43. The Kier molecular flexibility index (Phi) is 5.81. The lowest BCUT2D eigenvalue weighted by molar-refractivity contribution is -0.140. The second-order valence-corrected chi connectivity index (χ2v) is 7.09. The minimum Gasteiger partial charge on any atom is -0.507 e. The van der Waals surface area contributed by atoms with Crippen LogP contribution < -0.4 is 14.2 Å². The van der Waals surface area contributed by atoms with Crippen molar-refractivity contribution < 1.29 is 33.6 Å². The van der Waals surface area contributed by atoms with Gasteiger partial charge in [-0.3, -0.25) is 9.59 Å². The zero-order chi connectivity index (χ0) is 22.0. The van der Waals surface area contributed by atoms with Crippen molar-refractivity contribution in [3.63, 3.8) is 0 Å². The average Bonchev–Trinajstić information content (AvgIpc) is 3.06. The normalized spacial score (nSPS) is 19.5. The largest absolute Gasteiger partial charge is 0.507 e. The molecule has 0 radical (unpaired) electrons. The molecule has 31 heavy (non-hydrogen) atoms. The molecule has 0 bridgehead atoms. The van der Waals surface area contributed by atoms with Gasteiger partial charge in [-0.1, -0.05) is 18.2 Å². The number of rotatable bonds is 6. The number of para-hydroxylation sites is 1. The van der Waals surface area contributed by atoms with E-state index >= 15 is 0 Å². The summed E-state index contributed by atoms with van der Waals surface area (Å²) in [7, 11) is 3.03. The van der Waals surface area contributed by atoms with E-state index in [1.54, 1.807) is 42.5 Å². The fourth-order valence-electron chi connectivity index (χ4n) is 3.86. The van der Waals surface area contributed by atoms with Crippen LogP contribution in [-0.2, 0) is 14.3 Å². The number of amides is 1. The number of fused-ring (bicyclic) bond motifs is 1. The summed E-state index contributed by atoms with van der Waals surface area (Å²) in [5.41, 5.74) is 0.940. The number of hydrogen-bond donors (Lipinski definition) is 1. The molecule has 2 heterocycles. The average molecular weight is 425 g/mol. The number of ether oxygens (including phenoxy) is 4. The van der Waals surface area contributed by atoms with Crippen LogP contribution in [0, 0.1) is 0 Å². The van der Waals surface area contributed by atoms with Gasteiger partial charge in [0, 0.05) is 24.8 Å². The Balaban J connectivity index is 1.86. The highest BCUT2D eigenvalue weighted by atomic mass is 16.6. The number of ketones is 1. The van der Waals surface area contributed by atoms with E-state index in [0.29, 0.717) is 41.6 Å². The number of carbonyl (C=O) groups excluding carboxylic acids is 2. The molecule has 0 aromatic heterocycles. The summed E-state index contributed by atoms with van der Waals surface area (Å²) in [5.74, 6) is -0.218. The van der Waals surface area contributed by atoms with Gasteiger partial charge >= 0.3 is 0 Å². The van der Waals surface area contributed by atoms with Gasteiger partial charge in [0.05, 0.1) is 25.3 Å². The Labute approximate surface area is 179 Å². The molecule has 2 aromatic carbocycles. The van der Waals surface area contributed by atoms with Crippen LogP contribution in [0.25, 0.3) is 5.76 Å². The van der Waals surface area contributed by atoms with Crippen molar-refractivity contribution in [1.29, 1.82) is 0 Å². The maximum atomic E-state index is 13.0. The van der Waals surface area contributed by atoms with Crippen LogP contribution in [0.2, 0.25) is 0 Å². The SMILES string of the molecule is COCCN1C(=O)C(=O)/C(=C(/O)c2ccc3c(c2)OCCO3)C1c1ccccc1OC. The number of methoxy groups -OCH3 is 2. The lowest BCUT2D eigenvalue weighted by Crippen LogP contribution is -2.32. The third kappa shape index (κ3) is 3.70. The van der Waals surface area contributed by atoms with Gasteiger partial charge in [-0.15, -0.1) is 0 Å². The molecule has 1 atom stereocenters. The molecule has 2 aliphatic heterocycles. The van der Waals surface area contributed by atoms with Crippen LogP contribution in [0.5, 0.6) is 17.2 Å². The molecular weight excluding hydrogens is 402 g/mol. The molecule has 162 valence electrons. The van der Waals surface area contributed by atoms with Crippen LogP contribution in [0.4, 0.5) is 0 Å². The molecule has 1 amide bonds. The summed E-state index contributed by atoms with van der Waals surface area (Å²) >= 11 is 0. The van der Waals surface area contributed by atoms with Crippen molar-refractivity contribution in [2.24, 2.45) is 0 Å². The smallest absolute Gasteiger partial charge is 0.295 e. The van der Waals surface area contributed by atoms with Crippen LogP contribution in [0.15, 0.2) is 48.0 Å². The zero-order valence-electron chi connectivity index (χ0n) is 17.3. The molecule has 0 spiro atoms. The number of Topliss-reactive ketones (excluding diaryl/α,β-unsaturated/α-hetero) is 1. The second-order valence-electron chi connectivity index (χ2n) is 7.09. The van der Waals surface area contributed by atoms with Crippen molar-refractivity contribution in [3.8, 4) is 17.2 Å². The first-order valence-corrected chi connectivity index (χ1v) is 9.87. The molecule has 1 N–H and O–H groups in total. The predicted octanol–water partition coefficient (Wildman–Crippen LogP) is 2.53. The molecule has 0 aliphatic carbocycles. The fourth-order valence-corrected chi connectivity index (χ4v) is 3.86. The van der Waals surface area contributed by atoms with E-state index in [0.717, 1.165) is 0 Å². The van der Waals surface area contributed by atoms with Crippen LogP contribution in [0.1, 0.15) is 17.2 Å². The van der Waals surface area contributed by atoms with Crippen LogP contribution >= 0.6 is 0 Å². The Hall–Kier alpha value is -3.52. The van der Waals surface area contributed by atoms with Gasteiger partial charge in [-0.25, -0.2) is 0 Å². The first-order chi connectivity index (χ1) is 15.1. The van der Waals surface area contributed by atoms with Crippen molar-refractivity contribution in [2.75, 3.05) is 40.6 Å². The van der Waals surface area contributed by atoms with Crippen molar-refractivity contribution in [3.05, 3.63) is 59.2 Å². The standard InChI is InChI=1S/C23H23NO7/c1-28-10-9-24-20(15-5-3-4-6-16(15)29-2)19(22(26)23(24)27)21(25)14-7-8-17-18(13-14)31-12-11-30-17/h3-8,13,20,25H,9-12H2,1-2H3/b21-19+. The Morgan fingerprint density at radius 2 is 1.84 bits per heavy atom. The number of benzene rings is 2. The minimum absolute atomic E-state index is 0.0118. The second kappa shape index (κ2) is 8.69. The first-order valence-electron chi connectivity index (χ1n) is 9.87. The zero-order valence-corrected chi connectivity index (χ0v) is 17.3. The van der Waals surface area contributed by atoms with E-state index in [1.165, 1.54) is 19.1 Å². The molecule has 8 heteroatoms. The number of carbonyl (C=O) groups is 2. The van der Waals surface area contributed by atoms with Crippen LogP contribution in [0.3, 0.4) is 0 Å². The molecule has 2 aromatic rings. The van der Waals surface area contributed by atoms with E-state index in [9.17, 15) is 14.7 Å². The van der Waals surface area contributed by atoms with Gasteiger partial charge in [0.2, 0.25) is 0 Å². The first kappa shape index (κ1) is 20.7. The molecule has 1 fully saturated rings. The quantitative estimate of drug-likeness (QED) is 0.432. The number of aliphatic hydroxyl groups excluding tert-OH is 1. The lowest BCUT2D eigenvalue weighted by atomic mass is 9.94. The summed E-state index contributed by atoms with van der Waals surface area (Å²) in [6.45, 7) is 1.25. The summed E-state index contributed by atoms with van der Waals surface area (Å²) in [6.07, 6.45) is 0. The summed E-state index contributed by atoms with van der Waals surface area (Å²) in [4.78, 5) is 27.3. The summed E-state index contributed by atoms with van der Waals surface area (Å²) < 4.78 is 21.7. The molecule has 2 aliphatic rings. The van der Waals surface area contributed by atoms with Gasteiger partial charge in [-0.2, -0.15) is 0 Å². The maximum absolute atomic E-state index is 13.0. The third-order valence-electron chi connectivity index (χ3n) is 5.33. The van der Waals surface area contributed by atoms with Crippen LogP contribution in [-0.4, -0.2) is 62.3 Å². The van der Waals surface area contributed by atoms with E-state index in [2.05, 4.69) is 0 Å². The number of hydrogen-bond acceptors (Lipinski definition) is 7. The Morgan fingerprint density at radius 3 is 2.58 bits per heavy atom. The molecule has 1 unspecified atom stereocenters. The van der Waals surface area contributed by atoms with Gasteiger partial charge in [0.1, 0.15) is 24.7 Å². The number of aliphatic hydroxyl groups is 1. The molecule has 4 rings (SSSR count). The topological polar surface area (TPSA) is 94.5 Å². The van der Waals surface area contributed by atoms with E-state index < -0.39 is 17.7 Å². The fraction of sp³-hybridized carbons (Fsp3) is 0.304. The maximum Gasteiger partial charge on any atom is 0.295 e. The van der Waals surface area contributed by atoms with Gasteiger partial charge in [0.25, 0.3) is 11.7 Å². The highest BCUT2D eigenvalue weighted by molar-refractivity contribution is 6.46. The third-order valence-corrected chi connectivity index (χ3v) is 5.33. The monoisotopic (exact) mass is 425 g/mol. The summed E-state index contributed by atoms with van der Waals surface area (Å²) in [6, 6.07) is 11.2. The van der Waals surface area contributed by atoms with Crippen molar-refractivity contribution in [1.82, 2.24) is 4.90 Å². The minimum atomic E-state index is -0.820. The number of nitrogens with zero attached hydrogens (tertiary/aromatic N) is 1. The number of likely N-dealkylation sites (tertiary alicyclic amines) is 1. The van der Waals surface area contributed by atoms with Crippen molar-refractivity contribution >= 4 is 17.4 Å². The molecule has 0 saturated carbocycles. The van der Waals surface area contributed by atoms with Crippen molar-refractivity contribution in [2.45, 2.75) is 6.04 Å². The highest BCUT2D eigenvalue weighted by Gasteiger charge is 2.46. The summed E-state index contributed by atoms with van der Waals surface area (Å²) in [5, 5.41) is 11.2.